The zero-order chi connectivity index (χ0) is 20.1. The molecule has 0 aliphatic carbocycles. The maximum Gasteiger partial charge on any atom is 0.230 e. The first kappa shape index (κ1) is 20.5. The number of ether oxygens (including phenoxy) is 1. The fourth-order valence-corrected chi connectivity index (χ4v) is 4.13. The third kappa shape index (κ3) is 5.17. The molecule has 1 aliphatic heterocycles. The molecule has 0 saturated carbocycles. The Morgan fingerprint density at radius 2 is 2.18 bits per heavy atom. The van der Waals surface area contributed by atoms with Crippen LogP contribution in [0.5, 0.6) is 0 Å². The van der Waals surface area contributed by atoms with Gasteiger partial charge in [-0.2, -0.15) is 0 Å². The van der Waals surface area contributed by atoms with Gasteiger partial charge in [-0.15, -0.1) is 11.3 Å². The molecule has 1 unspecified atom stereocenters. The smallest absolute Gasteiger partial charge is 0.230 e. The zero-order valence-electron chi connectivity index (χ0n) is 16.7. The second-order valence-corrected chi connectivity index (χ2v) is 7.99. The van der Waals surface area contributed by atoms with Gasteiger partial charge in [-0.1, -0.05) is 24.6 Å². The second kappa shape index (κ2) is 9.30. The van der Waals surface area contributed by atoms with E-state index in [4.69, 9.17) is 4.74 Å². The van der Waals surface area contributed by atoms with Crippen LogP contribution in [0.25, 0.3) is 0 Å². The second-order valence-electron chi connectivity index (χ2n) is 7.16. The third-order valence-electron chi connectivity index (χ3n) is 4.78. The SMILES string of the molecule is CCC(=O)N(CC1CCCO1)c1nc(CC(=O)Nc2ccc(C)cc2C)cs1. The number of aromatic nitrogens is 1. The van der Waals surface area contributed by atoms with Gasteiger partial charge in [0.2, 0.25) is 11.8 Å². The molecule has 1 atom stereocenters. The normalized spacial score (nSPS) is 16.2. The maximum atomic E-state index is 12.4. The van der Waals surface area contributed by atoms with Crippen LogP contribution in [0, 0.1) is 13.8 Å². The van der Waals surface area contributed by atoms with E-state index in [2.05, 4.69) is 10.3 Å². The van der Waals surface area contributed by atoms with Crippen LogP contribution in [0.4, 0.5) is 10.8 Å². The van der Waals surface area contributed by atoms with E-state index in [1.165, 1.54) is 11.3 Å². The Morgan fingerprint density at radius 3 is 2.86 bits per heavy atom. The number of benzene rings is 1. The number of rotatable bonds is 7. The van der Waals surface area contributed by atoms with E-state index in [-0.39, 0.29) is 24.3 Å². The summed E-state index contributed by atoms with van der Waals surface area (Å²) in [5.41, 5.74) is 3.67. The van der Waals surface area contributed by atoms with Crippen molar-refractivity contribution in [3.8, 4) is 0 Å². The summed E-state index contributed by atoms with van der Waals surface area (Å²) >= 11 is 1.40. The quantitative estimate of drug-likeness (QED) is 0.765. The predicted octanol–water partition coefficient (Wildman–Crippen LogP) is 3.86. The highest BCUT2D eigenvalue weighted by Gasteiger charge is 2.25. The molecular weight excluding hydrogens is 374 g/mol. The third-order valence-corrected chi connectivity index (χ3v) is 5.69. The molecule has 1 aromatic heterocycles. The Bertz CT molecular complexity index is 843. The van der Waals surface area contributed by atoms with Crippen LogP contribution in [-0.4, -0.2) is 36.1 Å². The van der Waals surface area contributed by atoms with E-state index in [9.17, 15) is 9.59 Å². The van der Waals surface area contributed by atoms with Gasteiger partial charge in [0.25, 0.3) is 0 Å². The van der Waals surface area contributed by atoms with Crippen LogP contribution in [0.15, 0.2) is 23.6 Å². The van der Waals surface area contributed by atoms with Crippen molar-refractivity contribution in [2.24, 2.45) is 0 Å². The van der Waals surface area contributed by atoms with Crippen molar-refractivity contribution < 1.29 is 14.3 Å². The number of nitrogens with one attached hydrogen (secondary N) is 1. The Kier molecular flexibility index (Phi) is 6.80. The average molecular weight is 402 g/mol. The van der Waals surface area contributed by atoms with Gasteiger partial charge >= 0.3 is 0 Å². The molecule has 1 saturated heterocycles. The van der Waals surface area contributed by atoms with Crippen LogP contribution in [0.2, 0.25) is 0 Å². The van der Waals surface area contributed by atoms with Crippen LogP contribution in [-0.2, 0) is 20.7 Å². The van der Waals surface area contributed by atoms with Crippen LogP contribution in [0.1, 0.15) is 43.0 Å². The van der Waals surface area contributed by atoms with Gasteiger partial charge in [-0.05, 0) is 38.3 Å². The number of hydrogen-bond donors (Lipinski definition) is 1. The summed E-state index contributed by atoms with van der Waals surface area (Å²) in [7, 11) is 0. The largest absolute Gasteiger partial charge is 0.376 e. The molecule has 0 radical (unpaired) electrons. The van der Waals surface area contributed by atoms with E-state index in [1.807, 2.05) is 44.4 Å². The summed E-state index contributed by atoms with van der Waals surface area (Å²) in [5.74, 6) is -0.0903. The number of carbonyl (C=O) groups excluding carboxylic acids is 2. The lowest BCUT2D eigenvalue weighted by molar-refractivity contribution is -0.118. The van der Waals surface area contributed by atoms with E-state index in [0.717, 1.165) is 36.3 Å². The summed E-state index contributed by atoms with van der Waals surface area (Å²) in [6.07, 6.45) is 2.65. The number of amides is 2. The van der Waals surface area contributed by atoms with Crippen LogP contribution >= 0.6 is 11.3 Å². The molecule has 1 N–H and O–H groups in total. The molecule has 2 heterocycles. The number of nitrogens with zero attached hydrogens (tertiary/aromatic N) is 2. The minimum Gasteiger partial charge on any atom is -0.376 e. The summed E-state index contributed by atoms with van der Waals surface area (Å²) < 4.78 is 5.68. The first-order chi connectivity index (χ1) is 13.5. The molecule has 150 valence electrons. The topological polar surface area (TPSA) is 71.5 Å². The molecule has 6 nitrogen and oxygen atoms in total. The van der Waals surface area contributed by atoms with Gasteiger partial charge in [-0.3, -0.25) is 14.5 Å². The molecule has 7 heteroatoms. The van der Waals surface area contributed by atoms with Crippen LogP contribution < -0.4 is 10.2 Å². The minimum absolute atomic E-state index is 0.0242. The summed E-state index contributed by atoms with van der Waals surface area (Å²) in [6, 6.07) is 5.93. The van der Waals surface area contributed by atoms with E-state index in [1.54, 1.807) is 4.90 Å². The summed E-state index contributed by atoms with van der Waals surface area (Å²) in [4.78, 5) is 31.1. The van der Waals surface area contributed by atoms with E-state index < -0.39 is 0 Å². The lowest BCUT2D eigenvalue weighted by Crippen LogP contribution is -2.37. The van der Waals surface area contributed by atoms with Gasteiger partial charge < -0.3 is 10.1 Å². The average Bonchev–Trinajstić information content (AvgIpc) is 3.33. The van der Waals surface area contributed by atoms with Crippen LogP contribution in [0.3, 0.4) is 0 Å². The highest BCUT2D eigenvalue weighted by Crippen LogP contribution is 2.25. The predicted molar refractivity (Wildman–Crippen MR) is 112 cm³/mol. The van der Waals surface area contributed by atoms with Gasteiger partial charge in [0.15, 0.2) is 5.13 Å². The summed E-state index contributed by atoms with van der Waals surface area (Å²) in [5, 5.41) is 5.43. The van der Waals surface area contributed by atoms with Crippen molar-refractivity contribution in [2.45, 2.75) is 52.6 Å². The van der Waals surface area contributed by atoms with Crippen molar-refractivity contribution in [3.05, 3.63) is 40.4 Å². The first-order valence-corrected chi connectivity index (χ1v) is 10.6. The molecule has 0 spiro atoms. The molecule has 1 aromatic carbocycles. The van der Waals surface area contributed by atoms with Crippen molar-refractivity contribution in [1.82, 2.24) is 4.98 Å². The van der Waals surface area contributed by atoms with Gasteiger partial charge in [-0.25, -0.2) is 4.98 Å². The minimum atomic E-state index is -0.115. The van der Waals surface area contributed by atoms with Gasteiger partial charge in [0, 0.05) is 24.1 Å². The monoisotopic (exact) mass is 401 g/mol. The molecule has 2 amide bonds. The Labute approximate surface area is 169 Å². The molecular formula is C21H27N3O3S. The van der Waals surface area contributed by atoms with Gasteiger partial charge in [0.05, 0.1) is 24.8 Å². The molecule has 0 bridgehead atoms. The maximum absolute atomic E-state index is 12.4. The molecule has 28 heavy (non-hydrogen) atoms. The Balaban J connectivity index is 1.65. The fraction of sp³-hybridized carbons (Fsp3) is 0.476. The first-order valence-electron chi connectivity index (χ1n) is 9.69. The standard InChI is InChI=1S/C21H27N3O3S/c1-4-20(26)24(12-17-6-5-9-27-17)21-22-16(13-28-21)11-19(25)23-18-8-7-14(2)10-15(18)3/h7-8,10,13,17H,4-6,9,11-12H2,1-3H3,(H,23,25). The molecule has 2 aromatic rings. The molecule has 1 aliphatic rings. The van der Waals surface area contributed by atoms with Crippen molar-refractivity contribution in [3.63, 3.8) is 0 Å². The van der Waals surface area contributed by atoms with E-state index >= 15 is 0 Å². The number of anilines is 2. The molecule has 3 rings (SSSR count). The zero-order valence-corrected chi connectivity index (χ0v) is 17.5. The summed E-state index contributed by atoms with van der Waals surface area (Å²) in [6.45, 7) is 7.11. The van der Waals surface area contributed by atoms with Crippen molar-refractivity contribution in [2.75, 3.05) is 23.4 Å². The van der Waals surface area contributed by atoms with Crippen molar-refractivity contribution >= 4 is 34.0 Å². The number of aryl methyl sites for hydroxylation is 2. The highest BCUT2D eigenvalue weighted by atomic mass is 32.1. The Hall–Kier alpha value is -2.25. The highest BCUT2D eigenvalue weighted by molar-refractivity contribution is 7.14. The number of thiazole rings is 1. The number of carbonyl (C=O) groups is 2. The van der Waals surface area contributed by atoms with E-state index in [0.29, 0.717) is 23.8 Å². The molecule has 1 fully saturated rings. The lowest BCUT2D eigenvalue weighted by Gasteiger charge is -2.22. The van der Waals surface area contributed by atoms with Crippen molar-refractivity contribution in [1.29, 1.82) is 0 Å². The number of hydrogen-bond acceptors (Lipinski definition) is 5. The Morgan fingerprint density at radius 1 is 1.36 bits per heavy atom. The van der Waals surface area contributed by atoms with Gasteiger partial charge in [0.1, 0.15) is 0 Å². The fourth-order valence-electron chi connectivity index (χ4n) is 3.28. The lowest BCUT2D eigenvalue weighted by atomic mass is 10.1.